The zero-order valence-electron chi connectivity index (χ0n) is 18.7. The van der Waals surface area contributed by atoms with E-state index in [0.29, 0.717) is 29.7 Å². The highest BCUT2D eigenvalue weighted by molar-refractivity contribution is 5.97. The van der Waals surface area contributed by atoms with Crippen LogP contribution in [0.3, 0.4) is 0 Å². The van der Waals surface area contributed by atoms with Gasteiger partial charge in [0.1, 0.15) is 5.75 Å². The van der Waals surface area contributed by atoms with Gasteiger partial charge in [-0.25, -0.2) is 0 Å². The quantitative estimate of drug-likeness (QED) is 0.409. The molecule has 6 nitrogen and oxygen atoms in total. The zero-order valence-corrected chi connectivity index (χ0v) is 18.7. The first kappa shape index (κ1) is 23.4. The molecule has 3 rings (SSSR count). The van der Waals surface area contributed by atoms with Gasteiger partial charge in [-0.3, -0.25) is 4.79 Å². The molecule has 0 aliphatic heterocycles. The number of amides is 1. The minimum atomic E-state index is -0.511. The molecule has 168 valence electrons. The highest BCUT2D eigenvalue weighted by Gasteiger charge is 2.19. The topological polar surface area (TPSA) is 94.6 Å². The number of aromatic nitrogens is 1. The van der Waals surface area contributed by atoms with Crippen LogP contribution < -0.4 is 10.1 Å². The van der Waals surface area contributed by atoms with E-state index in [2.05, 4.69) is 22.1 Å². The molecule has 0 aliphatic carbocycles. The van der Waals surface area contributed by atoms with Crippen LogP contribution in [0.2, 0.25) is 0 Å². The molecule has 0 saturated heterocycles. The van der Waals surface area contributed by atoms with Gasteiger partial charge >= 0.3 is 0 Å². The molecular formula is C26H30N2O4. The zero-order chi connectivity index (χ0) is 23.1. The van der Waals surface area contributed by atoms with Crippen LogP contribution in [-0.4, -0.2) is 46.0 Å². The van der Waals surface area contributed by atoms with Gasteiger partial charge in [0.2, 0.25) is 0 Å². The maximum Gasteiger partial charge on any atom is 0.255 e. The van der Waals surface area contributed by atoms with Crippen LogP contribution in [0.5, 0.6) is 5.75 Å². The summed E-state index contributed by atoms with van der Waals surface area (Å²) >= 11 is 0. The average Bonchev–Trinajstić information content (AvgIpc) is 3.16. The number of aromatic amines is 1. The monoisotopic (exact) mass is 434 g/mol. The minimum Gasteiger partial charge on any atom is -0.490 e. The fourth-order valence-electron chi connectivity index (χ4n) is 3.43. The molecular weight excluding hydrogens is 404 g/mol. The highest BCUT2D eigenvalue weighted by Crippen LogP contribution is 2.23. The summed E-state index contributed by atoms with van der Waals surface area (Å²) in [6.45, 7) is 5.27. The Labute approximate surface area is 188 Å². The van der Waals surface area contributed by atoms with E-state index in [4.69, 9.17) is 4.74 Å². The van der Waals surface area contributed by atoms with Crippen molar-refractivity contribution in [2.75, 3.05) is 6.61 Å². The van der Waals surface area contributed by atoms with Crippen molar-refractivity contribution >= 4 is 16.8 Å². The molecule has 1 unspecified atom stereocenters. The molecule has 1 heterocycles. The number of rotatable bonds is 8. The van der Waals surface area contributed by atoms with Gasteiger partial charge < -0.3 is 25.3 Å². The summed E-state index contributed by atoms with van der Waals surface area (Å²) < 4.78 is 5.83. The number of nitrogens with one attached hydrogen (secondary N) is 2. The van der Waals surface area contributed by atoms with Gasteiger partial charge in [0, 0.05) is 29.1 Å². The lowest BCUT2D eigenvalue weighted by atomic mass is 10.0. The third kappa shape index (κ3) is 6.13. The van der Waals surface area contributed by atoms with Gasteiger partial charge in [-0.1, -0.05) is 30.0 Å². The van der Waals surface area contributed by atoms with Crippen molar-refractivity contribution in [3.05, 3.63) is 65.4 Å². The van der Waals surface area contributed by atoms with E-state index in [1.165, 1.54) is 0 Å². The summed E-state index contributed by atoms with van der Waals surface area (Å²) in [5.41, 5.74) is 3.06. The second-order valence-electron chi connectivity index (χ2n) is 8.15. The van der Waals surface area contributed by atoms with Crippen LogP contribution in [0.25, 0.3) is 10.9 Å². The normalized spacial score (nSPS) is 12.8. The summed E-state index contributed by atoms with van der Waals surface area (Å²) in [6.07, 6.45) is 2.13. The minimum absolute atomic E-state index is 0.103. The van der Waals surface area contributed by atoms with Crippen LogP contribution in [0.1, 0.15) is 48.7 Å². The molecule has 0 saturated carbocycles. The summed E-state index contributed by atoms with van der Waals surface area (Å²) in [5.74, 6) is 6.01. The van der Waals surface area contributed by atoms with Gasteiger partial charge in [-0.05, 0) is 57.0 Å². The molecule has 0 fully saturated rings. The lowest BCUT2D eigenvalue weighted by Gasteiger charge is -2.19. The number of fused-ring (bicyclic) bond motifs is 1. The number of H-pyrrole nitrogens is 1. The van der Waals surface area contributed by atoms with Crippen molar-refractivity contribution in [1.29, 1.82) is 0 Å². The number of hydrogen-bond donors (Lipinski definition) is 4. The van der Waals surface area contributed by atoms with Crippen molar-refractivity contribution < 1.29 is 19.7 Å². The Hall–Kier alpha value is -3.27. The van der Waals surface area contributed by atoms with E-state index in [9.17, 15) is 15.0 Å². The standard InChI is InChI=1S/C26H30N2O4/c1-17(2)32-25-12-11-19(8-6-7-18(3)30)13-23(25)26(31)28-21(16-29)14-20-15-27-24-10-5-4-9-22(20)24/h4-5,9-13,15,17-18,21,27,29-30H,7,14,16H2,1-3H3,(H,28,31)/t18?,21-/m1/s1. The Morgan fingerprint density at radius 2 is 1.97 bits per heavy atom. The molecule has 2 aromatic carbocycles. The van der Waals surface area contributed by atoms with E-state index in [1.807, 2.05) is 44.3 Å². The largest absolute Gasteiger partial charge is 0.490 e. The van der Waals surface area contributed by atoms with Gasteiger partial charge in [0.05, 0.1) is 30.4 Å². The molecule has 32 heavy (non-hydrogen) atoms. The maximum absolute atomic E-state index is 13.1. The molecule has 0 aliphatic rings. The molecule has 3 aromatic rings. The molecule has 2 atom stereocenters. The Kier molecular flexibility index (Phi) is 7.93. The average molecular weight is 435 g/mol. The van der Waals surface area contributed by atoms with Crippen LogP contribution >= 0.6 is 0 Å². The molecule has 0 radical (unpaired) electrons. The van der Waals surface area contributed by atoms with Gasteiger partial charge in [-0.15, -0.1) is 0 Å². The van der Waals surface area contributed by atoms with Crippen LogP contribution in [0.15, 0.2) is 48.7 Å². The molecule has 1 aromatic heterocycles. The molecule has 6 heteroatoms. The number of carbonyl (C=O) groups excluding carboxylic acids is 1. The van der Waals surface area contributed by atoms with Crippen molar-refractivity contribution in [2.24, 2.45) is 0 Å². The Balaban J connectivity index is 1.81. The summed E-state index contributed by atoms with van der Waals surface area (Å²) in [4.78, 5) is 16.4. The van der Waals surface area contributed by atoms with Crippen molar-refractivity contribution in [1.82, 2.24) is 10.3 Å². The fraction of sp³-hybridized carbons (Fsp3) is 0.346. The van der Waals surface area contributed by atoms with E-state index in [-0.39, 0.29) is 18.6 Å². The second kappa shape index (κ2) is 10.9. The molecule has 0 spiro atoms. The molecule has 4 N–H and O–H groups in total. The summed E-state index contributed by atoms with van der Waals surface area (Å²) in [6, 6.07) is 12.7. The Morgan fingerprint density at radius 1 is 1.19 bits per heavy atom. The first-order chi connectivity index (χ1) is 15.4. The van der Waals surface area contributed by atoms with E-state index >= 15 is 0 Å². The smallest absolute Gasteiger partial charge is 0.255 e. The number of ether oxygens (including phenoxy) is 1. The first-order valence-electron chi connectivity index (χ1n) is 10.8. The SMILES string of the molecule is CC(O)CC#Cc1ccc(OC(C)C)c(C(=O)N[C@@H](CO)Cc2c[nH]c3ccccc23)c1. The second-order valence-corrected chi connectivity index (χ2v) is 8.15. The summed E-state index contributed by atoms with van der Waals surface area (Å²) in [7, 11) is 0. The number of benzene rings is 2. The fourth-order valence-corrected chi connectivity index (χ4v) is 3.43. The lowest BCUT2D eigenvalue weighted by molar-refractivity contribution is 0.0910. The Bertz CT molecular complexity index is 1120. The summed E-state index contributed by atoms with van der Waals surface area (Å²) in [5, 5.41) is 23.3. The highest BCUT2D eigenvalue weighted by atomic mass is 16.5. The van der Waals surface area contributed by atoms with Crippen molar-refractivity contribution in [3.8, 4) is 17.6 Å². The lowest BCUT2D eigenvalue weighted by Crippen LogP contribution is -2.39. The number of aliphatic hydroxyl groups excluding tert-OH is 2. The van der Waals surface area contributed by atoms with E-state index in [0.717, 1.165) is 16.5 Å². The van der Waals surface area contributed by atoms with Crippen LogP contribution in [-0.2, 0) is 6.42 Å². The third-order valence-electron chi connectivity index (χ3n) is 4.91. The van der Waals surface area contributed by atoms with E-state index in [1.54, 1.807) is 25.1 Å². The number of hydrogen-bond acceptors (Lipinski definition) is 4. The molecule has 1 amide bonds. The third-order valence-corrected chi connectivity index (χ3v) is 4.91. The number of carbonyl (C=O) groups is 1. The predicted molar refractivity (Wildman–Crippen MR) is 126 cm³/mol. The van der Waals surface area contributed by atoms with Crippen molar-refractivity contribution in [2.45, 2.75) is 51.9 Å². The van der Waals surface area contributed by atoms with E-state index < -0.39 is 12.1 Å². The van der Waals surface area contributed by atoms with Gasteiger partial charge in [0.25, 0.3) is 5.91 Å². The van der Waals surface area contributed by atoms with Gasteiger partial charge in [0.15, 0.2) is 0 Å². The molecule has 0 bridgehead atoms. The first-order valence-corrected chi connectivity index (χ1v) is 10.8. The van der Waals surface area contributed by atoms with Crippen LogP contribution in [0, 0.1) is 11.8 Å². The van der Waals surface area contributed by atoms with Gasteiger partial charge in [-0.2, -0.15) is 0 Å². The van der Waals surface area contributed by atoms with Crippen LogP contribution in [0.4, 0.5) is 0 Å². The van der Waals surface area contributed by atoms with Crippen molar-refractivity contribution in [3.63, 3.8) is 0 Å². The number of para-hydroxylation sites is 1. The Morgan fingerprint density at radius 3 is 2.69 bits per heavy atom. The maximum atomic E-state index is 13.1. The predicted octanol–water partition coefficient (Wildman–Crippen LogP) is 3.41. The number of aliphatic hydroxyl groups is 2.